The van der Waals surface area contributed by atoms with Gasteiger partial charge >= 0.3 is 5.97 Å². The van der Waals surface area contributed by atoms with Gasteiger partial charge in [0, 0.05) is 4.88 Å². The summed E-state index contributed by atoms with van der Waals surface area (Å²) in [6, 6.07) is 6.96. The zero-order valence-corrected chi connectivity index (χ0v) is 21.7. The first kappa shape index (κ1) is 25.1. The molecule has 2 amide bonds. The molecule has 0 bridgehead atoms. The number of carbonyl (C=O) groups excluding carboxylic acids is 3. The summed E-state index contributed by atoms with van der Waals surface area (Å²) in [6.45, 7) is 4.33. The van der Waals surface area contributed by atoms with E-state index in [0.29, 0.717) is 38.0 Å². The van der Waals surface area contributed by atoms with Crippen LogP contribution in [0.1, 0.15) is 51.4 Å². The second-order valence-electron chi connectivity index (χ2n) is 7.38. The highest BCUT2D eigenvalue weighted by atomic mass is 32.2. The van der Waals surface area contributed by atoms with Gasteiger partial charge in [-0.25, -0.2) is 4.79 Å². The summed E-state index contributed by atoms with van der Waals surface area (Å²) < 4.78 is 11.2. The molecule has 0 aliphatic heterocycles. The predicted octanol–water partition coefficient (Wildman–Crippen LogP) is 4.65. The summed E-state index contributed by atoms with van der Waals surface area (Å²) in [7, 11) is 0. The van der Waals surface area contributed by atoms with Crippen LogP contribution in [-0.4, -0.2) is 46.9 Å². The summed E-state index contributed by atoms with van der Waals surface area (Å²) in [5.41, 5.74) is 1.88. The van der Waals surface area contributed by atoms with E-state index in [9.17, 15) is 14.4 Å². The van der Waals surface area contributed by atoms with Crippen molar-refractivity contribution in [2.24, 2.45) is 0 Å². The Hall–Kier alpha value is -2.96. The minimum Gasteiger partial charge on any atom is -0.493 e. The van der Waals surface area contributed by atoms with Gasteiger partial charge in [-0.1, -0.05) is 35.2 Å². The van der Waals surface area contributed by atoms with Gasteiger partial charge in [-0.3, -0.25) is 14.9 Å². The summed E-state index contributed by atoms with van der Waals surface area (Å²) in [4.78, 5) is 38.8. The Morgan fingerprint density at radius 3 is 2.69 bits per heavy atom. The number of carbonyl (C=O) groups is 3. The van der Waals surface area contributed by atoms with Crippen LogP contribution in [0, 0.1) is 0 Å². The van der Waals surface area contributed by atoms with Gasteiger partial charge in [-0.05, 0) is 50.8 Å². The van der Waals surface area contributed by atoms with Crippen LogP contribution in [0.5, 0.6) is 5.75 Å². The first-order chi connectivity index (χ1) is 17.0. The molecule has 0 saturated carbocycles. The lowest BCUT2D eigenvalue weighted by molar-refractivity contribution is -0.113. The van der Waals surface area contributed by atoms with Gasteiger partial charge in [-0.2, -0.15) is 0 Å². The Bertz CT molecular complexity index is 1240. The molecule has 12 heteroatoms. The summed E-state index contributed by atoms with van der Waals surface area (Å²) in [5, 5.41) is 14.5. The Balaban J connectivity index is 1.35. The molecule has 1 aliphatic rings. The van der Waals surface area contributed by atoms with Crippen LogP contribution in [0.3, 0.4) is 0 Å². The van der Waals surface area contributed by atoms with Crippen LogP contribution in [0.2, 0.25) is 0 Å². The maximum Gasteiger partial charge on any atom is 0.341 e. The number of aromatic nitrogens is 2. The maximum atomic E-state index is 12.6. The van der Waals surface area contributed by atoms with Gasteiger partial charge in [0.15, 0.2) is 4.34 Å². The van der Waals surface area contributed by atoms with E-state index in [0.717, 1.165) is 29.7 Å². The number of anilines is 2. The quantitative estimate of drug-likeness (QED) is 0.220. The molecule has 2 heterocycles. The molecule has 3 aromatic rings. The molecule has 35 heavy (non-hydrogen) atoms. The SMILES string of the molecule is CCOC(=O)c1c(NC(=O)CSc2nnc(NC(=O)c3ccccc3OCC)s2)sc2c1CCC2. The van der Waals surface area contributed by atoms with Crippen molar-refractivity contribution in [2.45, 2.75) is 37.4 Å². The van der Waals surface area contributed by atoms with E-state index in [1.807, 2.05) is 6.92 Å². The second-order valence-corrected chi connectivity index (χ2v) is 10.7. The zero-order chi connectivity index (χ0) is 24.8. The van der Waals surface area contributed by atoms with Crippen molar-refractivity contribution in [1.82, 2.24) is 10.2 Å². The fraction of sp³-hybridized carbons (Fsp3) is 0.348. The van der Waals surface area contributed by atoms with Crippen molar-refractivity contribution in [3.05, 3.63) is 45.8 Å². The number of hydrogen-bond acceptors (Lipinski definition) is 10. The van der Waals surface area contributed by atoms with E-state index in [1.54, 1.807) is 31.2 Å². The molecule has 0 radical (unpaired) electrons. The number of rotatable bonds is 10. The number of amides is 2. The number of nitrogens with one attached hydrogen (secondary N) is 2. The van der Waals surface area contributed by atoms with Crippen molar-refractivity contribution in [1.29, 1.82) is 0 Å². The van der Waals surface area contributed by atoms with Crippen LogP contribution >= 0.6 is 34.4 Å². The number of aryl methyl sites for hydroxylation is 1. The van der Waals surface area contributed by atoms with Crippen LogP contribution in [0.25, 0.3) is 0 Å². The molecular weight excluding hydrogens is 508 g/mol. The molecule has 2 N–H and O–H groups in total. The number of esters is 1. The number of benzene rings is 1. The lowest BCUT2D eigenvalue weighted by Gasteiger charge is -2.08. The van der Waals surface area contributed by atoms with Gasteiger partial charge < -0.3 is 14.8 Å². The Kier molecular flexibility index (Phi) is 8.37. The van der Waals surface area contributed by atoms with E-state index in [4.69, 9.17) is 9.47 Å². The predicted molar refractivity (Wildman–Crippen MR) is 137 cm³/mol. The lowest BCUT2D eigenvalue weighted by Crippen LogP contribution is -2.16. The minimum atomic E-state index is -0.398. The summed E-state index contributed by atoms with van der Waals surface area (Å²) in [6.07, 6.45) is 2.73. The van der Waals surface area contributed by atoms with Crippen molar-refractivity contribution < 1.29 is 23.9 Å². The van der Waals surface area contributed by atoms with Gasteiger partial charge in [0.05, 0.1) is 30.1 Å². The average Bonchev–Trinajstić information content (AvgIpc) is 3.55. The number of thiophene rings is 1. The fourth-order valence-electron chi connectivity index (χ4n) is 3.62. The molecule has 4 rings (SSSR count). The van der Waals surface area contributed by atoms with Crippen molar-refractivity contribution in [3.8, 4) is 5.75 Å². The molecule has 9 nitrogen and oxygen atoms in total. The van der Waals surface area contributed by atoms with E-state index in [2.05, 4.69) is 20.8 Å². The van der Waals surface area contributed by atoms with E-state index in [1.165, 1.54) is 34.4 Å². The Morgan fingerprint density at radius 1 is 1.06 bits per heavy atom. The monoisotopic (exact) mass is 532 g/mol. The Labute approximate surface area is 214 Å². The van der Waals surface area contributed by atoms with E-state index in [-0.39, 0.29) is 24.2 Å². The zero-order valence-electron chi connectivity index (χ0n) is 19.2. The molecule has 0 fully saturated rings. The highest BCUT2D eigenvalue weighted by molar-refractivity contribution is 8.01. The molecule has 2 aromatic heterocycles. The highest BCUT2D eigenvalue weighted by Crippen LogP contribution is 2.39. The number of hydrogen-bond donors (Lipinski definition) is 2. The van der Waals surface area contributed by atoms with Crippen LogP contribution < -0.4 is 15.4 Å². The topological polar surface area (TPSA) is 120 Å². The third kappa shape index (κ3) is 6.00. The largest absolute Gasteiger partial charge is 0.493 e. The molecule has 0 unspecified atom stereocenters. The maximum absolute atomic E-state index is 12.6. The highest BCUT2D eigenvalue weighted by Gasteiger charge is 2.28. The molecule has 0 saturated heterocycles. The van der Waals surface area contributed by atoms with E-state index < -0.39 is 5.97 Å². The van der Waals surface area contributed by atoms with E-state index >= 15 is 0 Å². The Morgan fingerprint density at radius 2 is 1.89 bits per heavy atom. The number of ether oxygens (including phenoxy) is 2. The standard InChI is InChI=1S/C23H24N4O5S3/c1-3-31-15-10-6-5-8-13(15)19(29)25-22-26-27-23(35-22)33-12-17(28)24-20-18(21(30)32-4-2)14-9-7-11-16(14)34-20/h5-6,8,10H,3-4,7,9,11-12H2,1-2H3,(H,24,28)(H,25,26,29). The first-order valence-electron chi connectivity index (χ1n) is 11.1. The normalized spacial score (nSPS) is 12.2. The molecule has 0 atom stereocenters. The number of para-hydroxylation sites is 1. The second kappa shape index (κ2) is 11.6. The third-order valence-electron chi connectivity index (χ3n) is 5.04. The van der Waals surface area contributed by atoms with Crippen molar-refractivity contribution in [3.63, 3.8) is 0 Å². The van der Waals surface area contributed by atoms with Crippen LogP contribution in [0.15, 0.2) is 28.6 Å². The summed E-state index contributed by atoms with van der Waals surface area (Å²) in [5.74, 6) is -0.431. The molecule has 1 aromatic carbocycles. The van der Waals surface area contributed by atoms with Gasteiger partial charge in [0.2, 0.25) is 11.0 Å². The van der Waals surface area contributed by atoms with Crippen LogP contribution in [-0.2, 0) is 22.4 Å². The number of thioether (sulfide) groups is 1. The minimum absolute atomic E-state index is 0.0839. The van der Waals surface area contributed by atoms with Crippen molar-refractivity contribution >= 4 is 62.4 Å². The van der Waals surface area contributed by atoms with Gasteiger partial charge in [0.1, 0.15) is 10.8 Å². The number of fused-ring (bicyclic) bond motifs is 1. The fourth-order valence-corrected chi connectivity index (χ4v) is 6.46. The van der Waals surface area contributed by atoms with Gasteiger partial charge in [0.25, 0.3) is 5.91 Å². The first-order valence-corrected chi connectivity index (χ1v) is 13.7. The van der Waals surface area contributed by atoms with Crippen molar-refractivity contribution in [2.75, 3.05) is 29.6 Å². The molecule has 0 spiro atoms. The molecule has 184 valence electrons. The molecule has 1 aliphatic carbocycles. The summed E-state index contributed by atoms with van der Waals surface area (Å²) >= 11 is 3.82. The molecular formula is C23H24N4O5S3. The van der Waals surface area contributed by atoms with Gasteiger partial charge in [-0.15, -0.1) is 21.5 Å². The lowest BCUT2D eigenvalue weighted by atomic mass is 10.1. The third-order valence-corrected chi connectivity index (χ3v) is 8.22. The smallest absolute Gasteiger partial charge is 0.341 e. The van der Waals surface area contributed by atoms with Crippen LogP contribution in [0.4, 0.5) is 10.1 Å². The number of nitrogens with zero attached hydrogens (tertiary/aromatic N) is 2. The average molecular weight is 533 g/mol.